The van der Waals surface area contributed by atoms with E-state index in [0.29, 0.717) is 11.9 Å². The molecule has 2 rings (SSSR count). The second-order valence-corrected chi connectivity index (χ2v) is 4.79. The quantitative estimate of drug-likeness (QED) is 0.637. The van der Waals surface area contributed by atoms with Crippen LogP contribution in [0.4, 0.5) is 11.6 Å². The molecule has 7 nitrogen and oxygen atoms in total. The third kappa shape index (κ3) is 2.61. The second kappa shape index (κ2) is 5.34. The number of hydrogen-bond acceptors (Lipinski definition) is 5. The lowest BCUT2D eigenvalue weighted by Crippen LogP contribution is -2.43. The summed E-state index contributed by atoms with van der Waals surface area (Å²) in [6, 6.07) is 0.401. The van der Waals surface area contributed by atoms with E-state index >= 15 is 0 Å². The van der Waals surface area contributed by atoms with Crippen LogP contribution in [0, 0.1) is 10.1 Å². The minimum Gasteiger partial charge on any atom is -0.358 e. The SMILES string of the molecule is CN(CC1CCCCN1)c1c([N+](=O)[O-])ncn1C. The molecule has 100 valence electrons. The van der Waals surface area contributed by atoms with Gasteiger partial charge in [0.25, 0.3) is 0 Å². The fraction of sp³-hybridized carbons (Fsp3) is 0.727. The Balaban J connectivity index is 2.10. The van der Waals surface area contributed by atoms with Crippen molar-refractivity contribution in [1.29, 1.82) is 0 Å². The Morgan fingerprint density at radius 2 is 2.44 bits per heavy atom. The number of rotatable bonds is 4. The number of aromatic nitrogens is 2. The van der Waals surface area contributed by atoms with Crippen molar-refractivity contribution in [2.45, 2.75) is 25.3 Å². The maximum Gasteiger partial charge on any atom is 0.406 e. The van der Waals surface area contributed by atoms with E-state index in [0.717, 1.165) is 19.5 Å². The summed E-state index contributed by atoms with van der Waals surface area (Å²) in [4.78, 5) is 16.2. The maximum absolute atomic E-state index is 10.9. The minimum atomic E-state index is -0.430. The normalized spacial score (nSPS) is 19.8. The fourth-order valence-corrected chi connectivity index (χ4v) is 2.48. The summed E-state index contributed by atoms with van der Waals surface area (Å²) in [5, 5.41) is 14.4. The topological polar surface area (TPSA) is 76.2 Å². The predicted molar refractivity (Wildman–Crippen MR) is 68.8 cm³/mol. The monoisotopic (exact) mass is 253 g/mol. The van der Waals surface area contributed by atoms with E-state index in [1.54, 1.807) is 11.6 Å². The average Bonchev–Trinajstić information content (AvgIpc) is 2.72. The van der Waals surface area contributed by atoms with E-state index in [-0.39, 0.29) is 5.82 Å². The molecule has 1 unspecified atom stereocenters. The molecule has 0 aromatic carbocycles. The first-order valence-corrected chi connectivity index (χ1v) is 6.20. The number of nitrogens with zero attached hydrogens (tertiary/aromatic N) is 4. The van der Waals surface area contributed by atoms with Crippen LogP contribution in [0.25, 0.3) is 0 Å². The van der Waals surface area contributed by atoms with Crippen LogP contribution in [-0.4, -0.2) is 40.7 Å². The first-order chi connectivity index (χ1) is 8.59. The molecule has 1 aliphatic heterocycles. The number of imidazole rings is 1. The molecule has 2 heterocycles. The standard InChI is InChI=1S/C11H19N5O2/c1-14(7-9-5-3-4-6-12-9)11-10(16(17)18)13-8-15(11)2/h8-9,12H,3-7H2,1-2H3. The van der Waals surface area contributed by atoms with Crippen LogP contribution < -0.4 is 10.2 Å². The maximum atomic E-state index is 10.9. The summed E-state index contributed by atoms with van der Waals surface area (Å²) in [7, 11) is 3.65. The highest BCUT2D eigenvalue weighted by molar-refractivity contribution is 5.54. The van der Waals surface area contributed by atoms with Gasteiger partial charge in [-0.05, 0) is 29.3 Å². The lowest BCUT2D eigenvalue weighted by atomic mass is 10.0. The van der Waals surface area contributed by atoms with Gasteiger partial charge in [0.2, 0.25) is 12.1 Å². The van der Waals surface area contributed by atoms with Crippen LogP contribution in [0.5, 0.6) is 0 Å². The van der Waals surface area contributed by atoms with E-state index in [1.165, 1.54) is 19.2 Å². The summed E-state index contributed by atoms with van der Waals surface area (Å²) in [5.41, 5.74) is 0. The predicted octanol–water partition coefficient (Wildman–Crippen LogP) is 0.907. The minimum absolute atomic E-state index is 0.0733. The van der Waals surface area contributed by atoms with E-state index in [1.807, 2.05) is 11.9 Å². The Labute approximate surface area is 106 Å². The van der Waals surface area contributed by atoms with Gasteiger partial charge in [0.05, 0.1) is 0 Å². The summed E-state index contributed by atoms with van der Waals surface area (Å²) >= 11 is 0. The lowest BCUT2D eigenvalue weighted by molar-refractivity contribution is -0.388. The molecule has 1 aromatic rings. The van der Waals surface area contributed by atoms with Gasteiger partial charge in [-0.2, -0.15) is 0 Å². The molecule has 18 heavy (non-hydrogen) atoms. The van der Waals surface area contributed by atoms with Gasteiger partial charge >= 0.3 is 5.82 Å². The smallest absolute Gasteiger partial charge is 0.358 e. The van der Waals surface area contributed by atoms with Gasteiger partial charge in [-0.15, -0.1) is 0 Å². The van der Waals surface area contributed by atoms with Crippen molar-refractivity contribution >= 4 is 11.6 Å². The van der Waals surface area contributed by atoms with Crippen molar-refractivity contribution in [3.63, 3.8) is 0 Å². The van der Waals surface area contributed by atoms with E-state index < -0.39 is 4.92 Å². The summed E-state index contributed by atoms with van der Waals surface area (Å²) in [5.74, 6) is 0.489. The van der Waals surface area contributed by atoms with Crippen molar-refractivity contribution in [1.82, 2.24) is 14.9 Å². The molecular formula is C11H19N5O2. The van der Waals surface area contributed by atoms with Crippen LogP contribution in [0.1, 0.15) is 19.3 Å². The summed E-state index contributed by atoms with van der Waals surface area (Å²) in [6.07, 6.45) is 5.04. The Morgan fingerprint density at radius 3 is 3.06 bits per heavy atom. The molecule has 1 saturated heterocycles. The highest BCUT2D eigenvalue weighted by Crippen LogP contribution is 2.25. The number of hydrogen-bond donors (Lipinski definition) is 1. The molecule has 1 aromatic heterocycles. The molecular weight excluding hydrogens is 234 g/mol. The third-order valence-electron chi connectivity index (χ3n) is 3.33. The zero-order valence-corrected chi connectivity index (χ0v) is 10.8. The van der Waals surface area contributed by atoms with Gasteiger partial charge in [0.15, 0.2) is 0 Å². The zero-order valence-electron chi connectivity index (χ0n) is 10.8. The molecule has 1 N–H and O–H groups in total. The van der Waals surface area contributed by atoms with E-state index in [9.17, 15) is 10.1 Å². The molecule has 0 amide bonds. The number of likely N-dealkylation sites (N-methyl/N-ethyl adjacent to an activating group) is 1. The first kappa shape index (κ1) is 12.8. The number of aryl methyl sites for hydroxylation is 1. The van der Waals surface area contributed by atoms with Crippen LogP contribution in [-0.2, 0) is 7.05 Å². The van der Waals surface area contributed by atoms with Crippen molar-refractivity contribution in [3.8, 4) is 0 Å². The Morgan fingerprint density at radius 1 is 1.67 bits per heavy atom. The van der Waals surface area contributed by atoms with Gasteiger partial charge in [0, 0.05) is 26.7 Å². The third-order valence-corrected chi connectivity index (χ3v) is 3.33. The molecule has 7 heteroatoms. The lowest BCUT2D eigenvalue weighted by Gasteiger charge is -2.28. The largest absolute Gasteiger partial charge is 0.406 e. The highest BCUT2D eigenvalue weighted by Gasteiger charge is 2.25. The molecule has 0 bridgehead atoms. The number of nitro groups is 1. The van der Waals surface area contributed by atoms with Gasteiger partial charge in [-0.3, -0.25) is 4.57 Å². The molecule has 0 spiro atoms. The van der Waals surface area contributed by atoms with Crippen molar-refractivity contribution in [2.75, 3.05) is 25.0 Å². The number of nitrogens with one attached hydrogen (secondary N) is 1. The highest BCUT2D eigenvalue weighted by atomic mass is 16.6. The van der Waals surface area contributed by atoms with Crippen molar-refractivity contribution in [3.05, 3.63) is 16.4 Å². The van der Waals surface area contributed by atoms with E-state index in [4.69, 9.17) is 0 Å². The second-order valence-electron chi connectivity index (χ2n) is 4.79. The van der Waals surface area contributed by atoms with Gasteiger partial charge < -0.3 is 20.3 Å². The molecule has 1 aliphatic rings. The van der Waals surface area contributed by atoms with E-state index in [2.05, 4.69) is 10.3 Å². The average molecular weight is 253 g/mol. The van der Waals surface area contributed by atoms with Crippen LogP contribution in [0.15, 0.2) is 6.33 Å². The van der Waals surface area contributed by atoms with Crippen LogP contribution in [0.3, 0.4) is 0 Å². The number of anilines is 1. The molecule has 1 fully saturated rings. The van der Waals surface area contributed by atoms with Gasteiger partial charge in [-0.25, -0.2) is 0 Å². The van der Waals surface area contributed by atoms with Crippen molar-refractivity contribution in [2.24, 2.45) is 7.05 Å². The Kier molecular flexibility index (Phi) is 3.81. The van der Waals surface area contributed by atoms with Crippen LogP contribution in [0.2, 0.25) is 0 Å². The summed E-state index contributed by atoms with van der Waals surface area (Å²) in [6.45, 7) is 1.80. The number of piperidine rings is 1. The van der Waals surface area contributed by atoms with Gasteiger partial charge in [-0.1, -0.05) is 6.42 Å². The zero-order chi connectivity index (χ0) is 13.1. The summed E-state index contributed by atoms with van der Waals surface area (Å²) < 4.78 is 1.70. The first-order valence-electron chi connectivity index (χ1n) is 6.20. The Hall–Kier alpha value is -1.63. The molecule has 0 saturated carbocycles. The van der Waals surface area contributed by atoms with Gasteiger partial charge in [0.1, 0.15) is 0 Å². The molecule has 1 atom stereocenters. The van der Waals surface area contributed by atoms with Crippen LogP contribution >= 0.6 is 0 Å². The molecule has 0 radical (unpaired) electrons. The fourth-order valence-electron chi connectivity index (χ4n) is 2.48. The molecule has 0 aliphatic carbocycles. The van der Waals surface area contributed by atoms with Crippen molar-refractivity contribution < 1.29 is 4.92 Å². The Bertz CT molecular complexity index is 425.